The lowest BCUT2D eigenvalue weighted by molar-refractivity contribution is 0.423. The van der Waals surface area contributed by atoms with E-state index in [-0.39, 0.29) is 0 Å². The van der Waals surface area contributed by atoms with Crippen LogP contribution in [0.4, 0.5) is 0 Å². The summed E-state index contributed by atoms with van der Waals surface area (Å²) in [6, 6.07) is 0. The molecule has 2 nitrogen and oxygen atoms in total. The summed E-state index contributed by atoms with van der Waals surface area (Å²) in [5, 5.41) is 0. The fourth-order valence-corrected chi connectivity index (χ4v) is 2.09. The minimum atomic E-state index is 0.779. The van der Waals surface area contributed by atoms with Crippen LogP contribution in [0.1, 0.15) is 25.5 Å². The van der Waals surface area contributed by atoms with Gasteiger partial charge in [0.1, 0.15) is 0 Å². The molecule has 1 aliphatic carbocycles. The van der Waals surface area contributed by atoms with Crippen molar-refractivity contribution in [1.82, 2.24) is 9.55 Å². The van der Waals surface area contributed by atoms with E-state index in [4.69, 9.17) is 12.2 Å². The van der Waals surface area contributed by atoms with Crippen LogP contribution in [0.5, 0.6) is 0 Å². The van der Waals surface area contributed by atoms with Crippen LogP contribution in [0.2, 0.25) is 0 Å². The molecular formula is C10H16N2S. The molecule has 72 valence electrons. The Morgan fingerprint density at radius 3 is 2.85 bits per heavy atom. The Balaban J connectivity index is 2.11. The third-order valence-corrected chi connectivity index (χ3v) is 3.31. The number of nitrogens with zero attached hydrogens (tertiary/aromatic N) is 1. The first kappa shape index (κ1) is 9.00. The molecule has 2 rings (SSSR count). The van der Waals surface area contributed by atoms with Gasteiger partial charge < -0.3 is 9.55 Å². The zero-order valence-electron chi connectivity index (χ0n) is 8.21. The highest BCUT2D eigenvalue weighted by molar-refractivity contribution is 7.71. The van der Waals surface area contributed by atoms with Crippen molar-refractivity contribution >= 4 is 12.2 Å². The van der Waals surface area contributed by atoms with Gasteiger partial charge in [0.25, 0.3) is 0 Å². The molecule has 1 aromatic rings. The second kappa shape index (κ2) is 3.29. The average Bonchev–Trinajstić information content (AvgIpc) is 2.88. The quantitative estimate of drug-likeness (QED) is 0.737. The monoisotopic (exact) mass is 196 g/mol. The molecule has 1 heterocycles. The van der Waals surface area contributed by atoms with Crippen LogP contribution < -0.4 is 0 Å². The summed E-state index contributed by atoms with van der Waals surface area (Å²) in [4.78, 5) is 3.08. The third-order valence-electron chi connectivity index (χ3n) is 2.97. The van der Waals surface area contributed by atoms with E-state index in [9.17, 15) is 0 Å². The van der Waals surface area contributed by atoms with Gasteiger partial charge in [-0.1, -0.05) is 6.92 Å². The van der Waals surface area contributed by atoms with Gasteiger partial charge >= 0.3 is 0 Å². The van der Waals surface area contributed by atoms with Gasteiger partial charge in [-0.3, -0.25) is 0 Å². The molecule has 1 unspecified atom stereocenters. The molecular weight excluding hydrogens is 180 g/mol. The average molecular weight is 196 g/mol. The normalized spacial score (nSPS) is 18.9. The summed E-state index contributed by atoms with van der Waals surface area (Å²) in [6.45, 7) is 5.51. The number of H-pyrrole nitrogens is 1. The van der Waals surface area contributed by atoms with E-state index in [1.807, 2.05) is 6.20 Å². The van der Waals surface area contributed by atoms with Crippen LogP contribution in [0.15, 0.2) is 6.20 Å². The predicted molar refractivity (Wildman–Crippen MR) is 56.2 cm³/mol. The summed E-state index contributed by atoms with van der Waals surface area (Å²) in [5.41, 5.74) is 1.25. The van der Waals surface area contributed by atoms with Gasteiger partial charge in [0.05, 0.1) is 0 Å². The Morgan fingerprint density at radius 1 is 1.69 bits per heavy atom. The third kappa shape index (κ3) is 1.85. The van der Waals surface area contributed by atoms with Gasteiger partial charge in [0, 0.05) is 18.4 Å². The van der Waals surface area contributed by atoms with E-state index in [1.165, 1.54) is 18.5 Å². The smallest absolute Gasteiger partial charge is 0.177 e. The Bertz CT molecular complexity index is 346. The van der Waals surface area contributed by atoms with Crippen LogP contribution in [0.25, 0.3) is 0 Å². The molecule has 1 atom stereocenters. The van der Waals surface area contributed by atoms with Crippen LogP contribution in [-0.2, 0) is 6.54 Å². The molecule has 0 saturated heterocycles. The minimum absolute atomic E-state index is 0.779. The maximum atomic E-state index is 5.21. The van der Waals surface area contributed by atoms with Crippen molar-refractivity contribution in [3.63, 3.8) is 0 Å². The van der Waals surface area contributed by atoms with Crippen LogP contribution in [0, 0.1) is 23.5 Å². The number of aromatic amines is 1. The summed E-state index contributed by atoms with van der Waals surface area (Å²) in [5.74, 6) is 1.73. The number of rotatable bonds is 3. The van der Waals surface area contributed by atoms with E-state index < -0.39 is 0 Å². The molecule has 13 heavy (non-hydrogen) atoms. The molecule has 0 amide bonds. The van der Waals surface area contributed by atoms with Gasteiger partial charge in [-0.05, 0) is 43.8 Å². The summed E-state index contributed by atoms with van der Waals surface area (Å²) in [6.07, 6.45) is 4.82. The highest BCUT2D eigenvalue weighted by atomic mass is 32.1. The summed E-state index contributed by atoms with van der Waals surface area (Å²) < 4.78 is 3.07. The lowest BCUT2D eigenvalue weighted by Crippen LogP contribution is -2.10. The van der Waals surface area contributed by atoms with Gasteiger partial charge in [0.2, 0.25) is 0 Å². The van der Waals surface area contributed by atoms with Crippen molar-refractivity contribution in [2.24, 2.45) is 11.8 Å². The van der Waals surface area contributed by atoms with Gasteiger partial charge in [0.15, 0.2) is 4.77 Å². The molecule has 1 fully saturated rings. The molecule has 0 aromatic carbocycles. The number of nitrogens with one attached hydrogen (secondary N) is 1. The van der Waals surface area contributed by atoms with Crippen LogP contribution >= 0.6 is 12.2 Å². The SMILES string of the molecule is Cc1c[nH]c(=S)n1CC(C)C1CC1. The van der Waals surface area contributed by atoms with Crippen molar-refractivity contribution < 1.29 is 0 Å². The summed E-state index contributed by atoms with van der Waals surface area (Å²) in [7, 11) is 0. The molecule has 0 radical (unpaired) electrons. The zero-order chi connectivity index (χ0) is 9.42. The first-order valence-corrected chi connectivity index (χ1v) is 5.34. The molecule has 0 bridgehead atoms. The molecule has 3 heteroatoms. The number of hydrogen-bond acceptors (Lipinski definition) is 1. The van der Waals surface area contributed by atoms with Gasteiger partial charge in [-0.2, -0.15) is 0 Å². The molecule has 0 aliphatic heterocycles. The number of imidazole rings is 1. The second-order valence-corrected chi connectivity index (χ2v) is 4.55. The fourth-order valence-electron chi connectivity index (χ4n) is 1.81. The molecule has 1 aromatic heterocycles. The van der Waals surface area contributed by atoms with Crippen molar-refractivity contribution in [1.29, 1.82) is 0 Å². The second-order valence-electron chi connectivity index (χ2n) is 4.16. The molecule has 1 saturated carbocycles. The Morgan fingerprint density at radius 2 is 2.38 bits per heavy atom. The maximum absolute atomic E-state index is 5.21. The van der Waals surface area contributed by atoms with Crippen molar-refractivity contribution in [3.05, 3.63) is 16.7 Å². The number of aromatic nitrogens is 2. The number of hydrogen-bond donors (Lipinski definition) is 1. The fraction of sp³-hybridized carbons (Fsp3) is 0.700. The lowest BCUT2D eigenvalue weighted by atomic mass is 10.1. The summed E-state index contributed by atoms with van der Waals surface area (Å²) >= 11 is 5.21. The minimum Gasteiger partial charge on any atom is -0.337 e. The van der Waals surface area contributed by atoms with Crippen molar-refractivity contribution in [2.45, 2.75) is 33.2 Å². The van der Waals surface area contributed by atoms with Crippen molar-refractivity contribution in [3.8, 4) is 0 Å². The van der Waals surface area contributed by atoms with Crippen molar-refractivity contribution in [2.75, 3.05) is 0 Å². The molecule has 1 N–H and O–H groups in total. The predicted octanol–water partition coefficient (Wildman–Crippen LogP) is 2.90. The zero-order valence-corrected chi connectivity index (χ0v) is 9.03. The van der Waals surface area contributed by atoms with E-state index in [0.717, 1.165) is 23.2 Å². The first-order valence-electron chi connectivity index (χ1n) is 4.93. The lowest BCUT2D eigenvalue weighted by Gasteiger charge is -2.11. The Labute approximate surface area is 84.0 Å². The largest absolute Gasteiger partial charge is 0.337 e. The van der Waals surface area contributed by atoms with E-state index in [1.54, 1.807) is 0 Å². The number of aryl methyl sites for hydroxylation is 1. The first-order chi connectivity index (χ1) is 6.18. The molecule has 0 spiro atoms. The van der Waals surface area contributed by atoms with Crippen LogP contribution in [-0.4, -0.2) is 9.55 Å². The van der Waals surface area contributed by atoms with E-state index in [2.05, 4.69) is 23.4 Å². The highest BCUT2D eigenvalue weighted by Gasteiger charge is 2.28. The van der Waals surface area contributed by atoms with Gasteiger partial charge in [-0.15, -0.1) is 0 Å². The van der Waals surface area contributed by atoms with E-state index >= 15 is 0 Å². The Kier molecular flexibility index (Phi) is 2.28. The maximum Gasteiger partial charge on any atom is 0.177 e. The van der Waals surface area contributed by atoms with Gasteiger partial charge in [-0.25, -0.2) is 0 Å². The highest BCUT2D eigenvalue weighted by Crippen LogP contribution is 2.37. The van der Waals surface area contributed by atoms with E-state index in [0.29, 0.717) is 0 Å². The Hall–Kier alpha value is -0.570. The molecule has 1 aliphatic rings. The van der Waals surface area contributed by atoms with Crippen LogP contribution in [0.3, 0.4) is 0 Å². The topological polar surface area (TPSA) is 20.7 Å². The standard InChI is InChI=1S/C10H16N2S/c1-7(9-3-4-9)6-12-8(2)5-11-10(12)13/h5,7,9H,3-4,6H2,1-2H3,(H,11,13).